The summed E-state index contributed by atoms with van der Waals surface area (Å²) in [6, 6.07) is 1.80. The highest BCUT2D eigenvalue weighted by Crippen LogP contribution is 2.20. The van der Waals surface area contributed by atoms with Crippen molar-refractivity contribution in [3.63, 3.8) is 0 Å². The molecule has 0 radical (unpaired) electrons. The van der Waals surface area contributed by atoms with Crippen LogP contribution in [0.1, 0.15) is 31.9 Å². The van der Waals surface area contributed by atoms with Crippen molar-refractivity contribution < 1.29 is 18.7 Å². The molecule has 3 N–H and O–H groups in total. The normalized spacial score (nSPS) is 13.7. The minimum Gasteiger partial charge on any atom is -0.394 e. The Morgan fingerprint density at radius 2 is 2.05 bits per heavy atom. The number of benzene rings is 1. The van der Waals surface area contributed by atoms with E-state index in [0.29, 0.717) is 6.42 Å². The average molecular weight is 272 g/mol. The number of aliphatic hydroxyl groups is 1. The fourth-order valence-electron chi connectivity index (χ4n) is 1.65. The van der Waals surface area contributed by atoms with Crippen molar-refractivity contribution >= 4 is 6.03 Å². The maximum Gasteiger partial charge on any atom is 0.315 e. The van der Waals surface area contributed by atoms with Gasteiger partial charge in [0, 0.05) is 11.6 Å². The van der Waals surface area contributed by atoms with Crippen LogP contribution in [0.25, 0.3) is 0 Å². The molecule has 2 atom stereocenters. The van der Waals surface area contributed by atoms with Crippen molar-refractivity contribution in [1.29, 1.82) is 0 Å². The van der Waals surface area contributed by atoms with Crippen molar-refractivity contribution in [3.05, 3.63) is 35.4 Å². The second-order valence-electron chi connectivity index (χ2n) is 4.33. The van der Waals surface area contributed by atoms with E-state index in [1.807, 2.05) is 0 Å². The van der Waals surface area contributed by atoms with Gasteiger partial charge in [-0.2, -0.15) is 0 Å². The van der Waals surface area contributed by atoms with Crippen LogP contribution in [0, 0.1) is 11.6 Å². The van der Waals surface area contributed by atoms with Crippen LogP contribution < -0.4 is 10.6 Å². The summed E-state index contributed by atoms with van der Waals surface area (Å²) in [5.41, 5.74) is 0.232. The Bertz CT molecular complexity index is 441. The summed E-state index contributed by atoms with van der Waals surface area (Å²) in [6.07, 6.45) is 0.462. The van der Waals surface area contributed by atoms with Gasteiger partial charge in [0.2, 0.25) is 0 Å². The number of nitrogens with one attached hydrogen (secondary N) is 2. The first-order chi connectivity index (χ1) is 8.97. The van der Waals surface area contributed by atoms with E-state index in [4.69, 9.17) is 5.11 Å². The van der Waals surface area contributed by atoms with E-state index in [-0.39, 0.29) is 12.2 Å². The smallest absolute Gasteiger partial charge is 0.315 e. The summed E-state index contributed by atoms with van der Waals surface area (Å²) >= 11 is 0. The maximum absolute atomic E-state index is 13.6. The Labute approximate surface area is 110 Å². The summed E-state index contributed by atoms with van der Waals surface area (Å²) in [7, 11) is 0. The third kappa shape index (κ3) is 4.48. The van der Waals surface area contributed by atoms with Gasteiger partial charge in [-0.15, -0.1) is 0 Å². The largest absolute Gasteiger partial charge is 0.394 e. The van der Waals surface area contributed by atoms with Gasteiger partial charge < -0.3 is 15.7 Å². The summed E-state index contributed by atoms with van der Waals surface area (Å²) < 4.78 is 26.4. The molecule has 1 rings (SSSR count). The Hall–Kier alpha value is -1.69. The molecule has 1 aromatic carbocycles. The Balaban J connectivity index is 2.75. The fraction of sp³-hybridized carbons (Fsp3) is 0.462. The van der Waals surface area contributed by atoms with Crippen LogP contribution >= 0.6 is 0 Å². The number of aliphatic hydroxyl groups excluding tert-OH is 1. The van der Waals surface area contributed by atoms with E-state index < -0.39 is 29.7 Å². The molecule has 2 amide bonds. The first-order valence-electron chi connectivity index (χ1n) is 6.10. The molecule has 0 fully saturated rings. The highest BCUT2D eigenvalue weighted by Gasteiger charge is 2.17. The highest BCUT2D eigenvalue weighted by atomic mass is 19.1. The van der Waals surface area contributed by atoms with Crippen LogP contribution in [0.4, 0.5) is 13.6 Å². The summed E-state index contributed by atoms with van der Waals surface area (Å²) in [5, 5.41) is 13.9. The molecule has 0 saturated heterocycles. The first kappa shape index (κ1) is 15.4. The number of amides is 2. The SMILES string of the molecule is CCC(NC(=O)NC(C)CO)c1ccc(F)cc1F. The van der Waals surface area contributed by atoms with E-state index in [1.54, 1.807) is 13.8 Å². The molecule has 6 heteroatoms. The van der Waals surface area contributed by atoms with Gasteiger partial charge >= 0.3 is 6.03 Å². The third-order valence-corrected chi connectivity index (χ3v) is 2.70. The molecule has 0 aromatic heterocycles. The van der Waals surface area contributed by atoms with Gasteiger partial charge in [0.15, 0.2) is 0 Å². The maximum atomic E-state index is 13.6. The second-order valence-corrected chi connectivity index (χ2v) is 4.33. The van der Waals surface area contributed by atoms with Crippen molar-refractivity contribution in [2.24, 2.45) is 0 Å². The number of halogens is 2. The molecule has 2 unspecified atom stereocenters. The Kier molecular flexibility index (Phi) is 5.69. The predicted molar refractivity (Wildman–Crippen MR) is 67.6 cm³/mol. The molecule has 0 bridgehead atoms. The standard InChI is InChI=1S/C13H18F2N2O2/c1-3-12(17-13(19)16-8(2)7-18)10-5-4-9(14)6-11(10)15/h4-6,8,12,18H,3,7H2,1-2H3,(H2,16,17,19). The molecule has 4 nitrogen and oxygen atoms in total. The minimum atomic E-state index is -0.692. The summed E-state index contributed by atoms with van der Waals surface area (Å²) in [5.74, 6) is -1.35. The topological polar surface area (TPSA) is 61.4 Å². The zero-order valence-electron chi connectivity index (χ0n) is 10.9. The number of hydrogen-bond acceptors (Lipinski definition) is 2. The summed E-state index contributed by atoms with van der Waals surface area (Å²) in [6.45, 7) is 3.23. The molecule has 0 spiro atoms. The van der Waals surface area contributed by atoms with E-state index >= 15 is 0 Å². The molecular formula is C13H18F2N2O2. The van der Waals surface area contributed by atoms with Gasteiger partial charge in [-0.1, -0.05) is 13.0 Å². The summed E-state index contributed by atoms with van der Waals surface area (Å²) in [4.78, 5) is 11.6. The molecule has 0 saturated carbocycles. The van der Waals surface area contributed by atoms with Gasteiger partial charge in [-0.05, 0) is 19.4 Å². The Morgan fingerprint density at radius 1 is 1.37 bits per heavy atom. The molecule has 0 aliphatic rings. The van der Waals surface area contributed by atoms with Crippen molar-refractivity contribution in [1.82, 2.24) is 10.6 Å². The fourth-order valence-corrected chi connectivity index (χ4v) is 1.65. The van der Waals surface area contributed by atoms with Crippen molar-refractivity contribution in [2.75, 3.05) is 6.61 Å². The van der Waals surface area contributed by atoms with E-state index in [1.165, 1.54) is 6.07 Å². The monoisotopic (exact) mass is 272 g/mol. The second kappa shape index (κ2) is 7.04. The lowest BCUT2D eigenvalue weighted by molar-refractivity contribution is 0.217. The van der Waals surface area contributed by atoms with Crippen LogP contribution in [0.5, 0.6) is 0 Å². The number of carbonyl (C=O) groups excluding carboxylic acids is 1. The lowest BCUT2D eigenvalue weighted by Gasteiger charge is -2.20. The zero-order valence-corrected chi connectivity index (χ0v) is 10.9. The molecular weight excluding hydrogens is 254 g/mol. The predicted octanol–water partition coefficient (Wildman–Crippen LogP) is 2.10. The van der Waals surface area contributed by atoms with Gasteiger partial charge in [-0.3, -0.25) is 0 Å². The minimum absolute atomic E-state index is 0.185. The van der Waals surface area contributed by atoms with Crippen LogP contribution in [0.3, 0.4) is 0 Å². The van der Waals surface area contributed by atoms with E-state index in [9.17, 15) is 13.6 Å². The van der Waals surface area contributed by atoms with Crippen LogP contribution in [0.2, 0.25) is 0 Å². The zero-order chi connectivity index (χ0) is 14.4. The van der Waals surface area contributed by atoms with Gasteiger partial charge in [0.25, 0.3) is 0 Å². The number of carbonyl (C=O) groups is 1. The van der Waals surface area contributed by atoms with Crippen LogP contribution in [-0.2, 0) is 0 Å². The average Bonchev–Trinajstić information content (AvgIpc) is 2.36. The molecule has 0 aliphatic carbocycles. The first-order valence-corrected chi connectivity index (χ1v) is 6.10. The van der Waals surface area contributed by atoms with E-state index in [0.717, 1.165) is 12.1 Å². The Morgan fingerprint density at radius 3 is 2.58 bits per heavy atom. The van der Waals surface area contributed by atoms with Crippen molar-refractivity contribution in [3.8, 4) is 0 Å². The van der Waals surface area contributed by atoms with Gasteiger partial charge in [0.05, 0.1) is 18.7 Å². The highest BCUT2D eigenvalue weighted by molar-refractivity contribution is 5.74. The molecule has 1 aromatic rings. The van der Waals surface area contributed by atoms with Crippen LogP contribution in [0.15, 0.2) is 18.2 Å². The molecule has 0 heterocycles. The van der Waals surface area contributed by atoms with Crippen LogP contribution in [-0.4, -0.2) is 23.8 Å². The van der Waals surface area contributed by atoms with E-state index in [2.05, 4.69) is 10.6 Å². The molecule has 0 aliphatic heterocycles. The van der Waals surface area contributed by atoms with Gasteiger partial charge in [0.1, 0.15) is 11.6 Å². The molecule has 19 heavy (non-hydrogen) atoms. The van der Waals surface area contributed by atoms with Gasteiger partial charge in [-0.25, -0.2) is 13.6 Å². The van der Waals surface area contributed by atoms with Crippen molar-refractivity contribution in [2.45, 2.75) is 32.4 Å². The third-order valence-electron chi connectivity index (χ3n) is 2.70. The lowest BCUT2D eigenvalue weighted by atomic mass is 10.0. The number of urea groups is 1. The quantitative estimate of drug-likeness (QED) is 0.768. The number of hydrogen-bond donors (Lipinski definition) is 3. The lowest BCUT2D eigenvalue weighted by Crippen LogP contribution is -2.43. The molecule has 106 valence electrons. The number of rotatable bonds is 5.